The van der Waals surface area contributed by atoms with Crippen molar-refractivity contribution in [3.05, 3.63) is 48.0 Å². The number of carbonyl (C=O) groups is 3. The molecule has 0 spiro atoms. The molecule has 0 bridgehead atoms. The lowest BCUT2D eigenvalue weighted by Gasteiger charge is -2.39. The fraction of sp³-hybridized carbons (Fsp3) is 0.348. The molecular weight excluding hydrogens is 396 g/mol. The highest BCUT2D eigenvalue weighted by molar-refractivity contribution is 6.10. The van der Waals surface area contributed by atoms with Gasteiger partial charge in [-0.25, -0.2) is 4.79 Å². The number of anilines is 1. The SMILES string of the molecule is COc1ccc(-c2ccc3c(c2)C(=O)N2CCN(C(=O)NC(C)C)C[C@@H]2C(=O)N3)cc1. The van der Waals surface area contributed by atoms with E-state index in [9.17, 15) is 14.4 Å². The first kappa shape index (κ1) is 20.7. The number of fused-ring (bicyclic) bond motifs is 2. The van der Waals surface area contributed by atoms with Crippen molar-refractivity contribution in [3.8, 4) is 16.9 Å². The van der Waals surface area contributed by atoms with Crippen LogP contribution in [0, 0.1) is 0 Å². The lowest BCUT2D eigenvalue weighted by atomic mass is 10.0. The van der Waals surface area contributed by atoms with E-state index in [1.54, 1.807) is 29.0 Å². The second-order valence-corrected chi connectivity index (χ2v) is 8.04. The van der Waals surface area contributed by atoms with Gasteiger partial charge in [0.15, 0.2) is 0 Å². The van der Waals surface area contributed by atoms with E-state index in [4.69, 9.17) is 4.74 Å². The summed E-state index contributed by atoms with van der Waals surface area (Å²) >= 11 is 0. The first-order chi connectivity index (χ1) is 14.9. The number of carbonyl (C=O) groups excluding carboxylic acids is 3. The maximum Gasteiger partial charge on any atom is 0.317 e. The summed E-state index contributed by atoms with van der Waals surface area (Å²) in [6.07, 6.45) is 0. The van der Waals surface area contributed by atoms with Gasteiger partial charge in [0.25, 0.3) is 5.91 Å². The summed E-state index contributed by atoms with van der Waals surface area (Å²) in [5.41, 5.74) is 2.75. The Morgan fingerprint density at radius 3 is 2.48 bits per heavy atom. The minimum atomic E-state index is -0.726. The van der Waals surface area contributed by atoms with Gasteiger partial charge in [-0.3, -0.25) is 9.59 Å². The first-order valence-electron chi connectivity index (χ1n) is 10.3. The van der Waals surface area contributed by atoms with E-state index < -0.39 is 6.04 Å². The Morgan fingerprint density at radius 2 is 1.81 bits per heavy atom. The van der Waals surface area contributed by atoms with Crippen molar-refractivity contribution < 1.29 is 19.1 Å². The maximum absolute atomic E-state index is 13.3. The third-order valence-electron chi connectivity index (χ3n) is 5.57. The summed E-state index contributed by atoms with van der Waals surface area (Å²) in [7, 11) is 1.61. The quantitative estimate of drug-likeness (QED) is 0.795. The van der Waals surface area contributed by atoms with Crippen molar-refractivity contribution in [2.45, 2.75) is 25.9 Å². The second-order valence-electron chi connectivity index (χ2n) is 8.04. The summed E-state index contributed by atoms with van der Waals surface area (Å²) in [6.45, 7) is 4.60. The molecule has 0 aliphatic carbocycles. The Bertz CT molecular complexity index is 1020. The Morgan fingerprint density at radius 1 is 1.10 bits per heavy atom. The molecule has 0 radical (unpaired) electrons. The lowest BCUT2D eigenvalue weighted by Crippen LogP contribution is -2.61. The summed E-state index contributed by atoms with van der Waals surface area (Å²) < 4.78 is 5.21. The predicted octanol–water partition coefficient (Wildman–Crippen LogP) is 2.56. The summed E-state index contributed by atoms with van der Waals surface area (Å²) in [6, 6.07) is 12.1. The van der Waals surface area contributed by atoms with Crippen LogP contribution in [0.5, 0.6) is 5.75 Å². The molecule has 2 aromatic rings. The number of hydrogen-bond donors (Lipinski definition) is 2. The minimum Gasteiger partial charge on any atom is -0.497 e. The van der Waals surface area contributed by atoms with E-state index in [1.165, 1.54) is 0 Å². The summed E-state index contributed by atoms with van der Waals surface area (Å²) in [5, 5.41) is 5.71. The van der Waals surface area contributed by atoms with Crippen molar-refractivity contribution >= 4 is 23.5 Å². The van der Waals surface area contributed by atoms with Crippen molar-refractivity contribution in [2.75, 3.05) is 32.1 Å². The van der Waals surface area contributed by atoms with Crippen molar-refractivity contribution in [1.82, 2.24) is 15.1 Å². The summed E-state index contributed by atoms with van der Waals surface area (Å²) in [4.78, 5) is 41.8. The van der Waals surface area contributed by atoms with Crippen LogP contribution >= 0.6 is 0 Å². The zero-order valence-electron chi connectivity index (χ0n) is 17.8. The molecule has 31 heavy (non-hydrogen) atoms. The summed E-state index contributed by atoms with van der Waals surface area (Å²) in [5.74, 6) is 0.257. The number of nitrogens with one attached hydrogen (secondary N) is 2. The van der Waals surface area contributed by atoms with Gasteiger partial charge >= 0.3 is 6.03 Å². The van der Waals surface area contributed by atoms with E-state index in [-0.39, 0.29) is 30.4 Å². The molecule has 2 heterocycles. The zero-order valence-corrected chi connectivity index (χ0v) is 17.8. The second kappa shape index (κ2) is 8.29. The van der Waals surface area contributed by atoms with Crippen LogP contribution in [0.15, 0.2) is 42.5 Å². The lowest BCUT2D eigenvalue weighted by molar-refractivity contribution is -0.121. The molecule has 2 aliphatic heterocycles. The van der Waals surface area contributed by atoms with Crippen molar-refractivity contribution in [2.24, 2.45) is 0 Å². The monoisotopic (exact) mass is 422 g/mol. The molecule has 2 aromatic carbocycles. The van der Waals surface area contributed by atoms with Gasteiger partial charge in [0, 0.05) is 19.1 Å². The first-order valence-corrected chi connectivity index (χ1v) is 10.3. The molecule has 4 amide bonds. The zero-order chi connectivity index (χ0) is 22.1. The van der Waals surface area contributed by atoms with Crippen LogP contribution in [0.3, 0.4) is 0 Å². The number of benzene rings is 2. The molecule has 2 N–H and O–H groups in total. The van der Waals surface area contributed by atoms with Crippen LogP contribution in [0.1, 0.15) is 24.2 Å². The molecule has 0 aromatic heterocycles. The number of ether oxygens (including phenoxy) is 1. The van der Waals surface area contributed by atoms with E-state index in [2.05, 4.69) is 10.6 Å². The topological polar surface area (TPSA) is 91.0 Å². The van der Waals surface area contributed by atoms with Gasteiger partial charge in [0.05, 0.1) is 24.9 Å². The number of hydrogen-bond acceptors (Lipinski definition) is 4. The maximum atomic E-state index is 13.3. The van der Waals surface area contributed by atoms with Gasteiger partial charge < -0.3 is 25.2 Å². The van der Waals surface area contributed by atoms with Gasteiger partial charge in [-0.15, -0.1) is 0 Å². The molecule has 4 rings (SSSR count). The van der Waals surface area contributed by atoms with Gasteiger partial charge in [0.2, 0.25) is 5.91 Å². The minimum absolute atomic E-state index is 0.00393. The molecule has 1 saturated heterocycles. The van der Waals surface area contributed by atoms with Crippen LogP contribution in [0.2, 0.25) is 0 Å². The van der Waals surface area contributed by atoms with Crippen LogP contribution in [-0.2, 0) is 4.79 Å². The highest BCUT2D eigenvalue weighted by Crippen LogP contribution is 2.31. The number of methoxy groups -OCH3 is 1. The third kappa shape index (κ3) is 4.05. The largest absolute Gasteiger partial charge is 0.497 e. The van der Waals surface area contributed by atoms with E-state index in [0.29, 0.717) is 24.3 Å². The number of nitrogens with zero attached hydrogens (tertiary/aromatic N) is 2. The molecule has 1 fully saturated rings. The van der Waals surface area contributed by atoms with Gasteiger partial charge in [-0.1, -0.05) is 18.2 Å². The Balaban J connectivity index is 1.61. The van der Waals surface area contributed by atoms with E-state index in [1.807, 2.05) is 44.2 Å². The van der Waals surface area contributed by atoms with E-state index >= 15 is 0 Å². The molecule has 8 heteroatoms. The fourth-order valence-corrected chi connectivity index (χ4v) is 3.94. The predicted molar refractivity (Wildman–Crippen MR) is 117 cm³/mol. The van der Waals surface area contributed by atoms with Gasteiger partial charge in [0.1, 0.15) is 11.8 Å². The molecule has 0 saturated carbocycles. The molecule has 2 aliphatic rings. The van der Waals surface area contributed by atoms with Crippen LogP contribution in [0.4, 0.5) is 10.5 Å². The molecule has 0 unspecified atom stereocenters. The fourth-order valence-electron chi connectivity index (χ4n) is 3.94. The Labute approximate surface area is 181 Å². The van der Waals surface area contributed by atoms with E-state index in [0.717, 1.165) is 16.9 Å². The molecular formula is C23H26N4O4. The van der Waals surface area contributed by atoms with Gasteiger partial charge in [-0.2, -0.15) is 0 Å². The standard InChI is InChI=1S/C23H26N4O4/c1-14(2)24-23(30)26-10-11-27-20(13-26)21(28)25-19-9-6-16(12-18(19)22(27)29)15-4-7-17(31-3)8-5-15/h4-9,12,14,20H,10-11,13H2,1-3H3,(H,24,30)(H,25,28)/t20-/m1/s1. The van der Waals surface area contributed by atoms with Crippen LogP contribution in [0.25, 0.3) is 11.1 Å². The number of amides is 4. The van der Waals surface area contributed by atoms with Crippen LogP contribution in [-0.4, -0.2) is 66.5 Å². The Kier molecular flexibility index (Phi) is 5.54. The number of urea groups is 1. The third-order valence-corrected chi connectivity index (χ3v) is 5.57. The highest BCUT2D eigenvalue weighted by Gasteiger charge is 2.40. The normalized spacial score (nSPS) is 18.1. The Hall–Kier alpha value is -3.55. The average Bonchev–Trinajstić information content (AvgIpc) is 2.87. The number of piperazine rings is 1. The van der Waals surface area contributed by atoms with Crippen molar-refractivity contribution in [1.29, 1.82) is 0 Å². The van der Waals surface area contributed by atoms with Gasteiger partial charge in [-0.05, 0) is 49.2 Å². The average molecular weight is 422 g/mol. The molecule has 8 nitrogen and oxygen atoms in total. The molecule has 162 valence electrons. The highest BCUT2D eigenvalue weighted by atomic mass is 16.5. The number of rotatable bonds is 3. The van der Waals surface area contributed by atoms with Crippen molar-refractivity contribution in [3.63, 3.8) is 0 Å². The molecule has 1 atom stereocenters. The smallest absolute Gasteiger partial charge is 0.317 e. The van der Waals surface area contributed by atoms with Crippen LogP contribution < -0.4 is 15.4 Å².